The van der Waals surface area contributed by atoms with E-state index in [2.05, 4.69) is 12.1 Å². The second-order valence-electron chi connectivity index (χ2n) is 3.79. The molecule has 0 saturated carbocycles. The van der Waals surface area contributed by atoms with E-state index in [1.807, 2.05) is 42.5 Å². The molecule has 0 amide bonds. The van der Waals surface area contributed by atoms with E-state index in [-0.39, 0.29) is 0 Å². The highest BCUT2D eigenvalue weighted by Crippen LogP contribution is 2.18. The van der Waals surface area contributed by atoms with Crippen LogP contribution in [0.5, 0.6) is 5.75 Å². The van der Waals surface area contributed by atoms with Crippen LogP contribution in [0.1, 0.15) is 5.56 Å². The lowest BCUT2D eigenvalue weighted by molar-refractivity contribution is 0.344. The van der Waals surface area contributed by atoms with Gasteiger partial charge in [0.05, 0.1) is 6.61 Å². The highest BCUT2D eigenvalue weighted by atomic mass is 35.5. The van der Waals surface area contributed by atoms with Crippen LogP contribution in [0, 0.1) is 0 Å². The average molecular weight is 279 g/mol. The quantitative estimate of drug-likeness (QED) is 0.434. The molecule has 94 valence electrons. The summed E-state index contributed by atoms with van der Waals surface area (Å²) in [6.45, 7) is 0.708. The maximum atomic E-state index is 5.73. The number of alkyl halides is 1. The lowest BCUT2D eigenvalue weighted by Gasteiger charge is -2.06. The molecule has 0 aliphatic rings. The second-order valence-corrected chi connectivity index (χ2v) is 5.22. The molecule has 0 spiro atoms. The van der Waals surface area contributed by atoms with E-state index in [4.69, 9.17) is 16.3 Å². The zero-order chi connectivity index (χ0) is 12.6. The van der Waals surface area contributed by atoms with E-state index >= 15 is 0 Å². The first kappa shape index (κ1) is 13.3. The molecule has 0 aliphatic heterocycles. The Hall–Kier alpha value is -1.12. The topological polar surface area (TPSA) is 9.23 Å². The van der Waals surface area contributed by atoms with E-state index in [0.717, 1.165) is 17.1 Å². The van der Waals surface area contributed by atoms with Crippen LogP contribution in [0.15, 0.2) is 59.5 Å². The van der Waals surface area contributed by atoms with Crippen LogP contribution in [0.3, 0.4) is 0 Å². The molecule has 0 aromatic heterocycles. The summed E-state index contributed by atoms with van der Waals surface area (Å²) in [5.41, 5.74) is 1.11. The van der Waals surface area contributed by atoms with Crippen LogP contribution in [-0.4, -0.2) is 12.4 Å². The van der Waals surface area contributed by atoms with Gasteiger partial charge in [-0.25, -0.2) is 0 Å². The first-order valence-corrected chi connectivity index (χ1v) is 7.36. The summed E-state index contributed by atoms with van der Waals surface area (Å²) in [5.74, 6) is 2.39. The standard InChI is InChI=1S/C15H15ClOS/c16-12-13-6-8-14(9-7-13)17-10-11-18-15-4-2-1-3-5-15/h1-9H,10-12H2. The Morgan fingerprint density at radius 3 is 2.33 bits per heavy atom. The summed E-state index contributed by atoms with van der Waals surface area (Å²) in [6.07, 6.45) is 0. The first-order chi connectivity index (χ1) is 8.88. The van der Waals surface area contributed by atoms with Crippen molar-refractivity contribution >= 4 is 23.4 Å². The number of hydrogen-bond donors (Lipinski definition) is 0. The van der Waals surface area contributed by atoms with E-state index in [0.29, 0.717) is 12.5 Å². The molecule has 3 heteroatoms. The Morgan fingerprint density at radius 1 is 0.944 bits per heavy atom. The maximum Gasteiger partial charge on any atom is 0.119 e. The van der Waals surface area contributed by atoms with Gasteiger partial charge in [-0.15, -0.1) is 23.4 Å². The number of rotatable bonds is 6. The van der Waals surface area contributed by atoms with Gasteiger partial charge in [0.2, 0.25) is 0 Å². The Balaban J connectivity index is 1.72. The minimum absolute atomic E-state index is 0.546. The zero-order valence-electron chi connectivity index (χ0n) is 10.0. The van der Waals surface area contributed by atoms with Crippen molar-refractivity contribution in [1.29, 1.82) is 0 Å². The van der Waals surface area contributed by atoms with Crippen molar-refractivity contribution < 1.29 is 4.74 Å². The zero-order valence-corrected chi connectivity index (χ0v) is 11.6. The molecule has 0 aliphatic carbocycles. The monoisotopic (exact) mass is 278 g/mol. The van der Waals surface area contributed by atoms with Crippen molar-refractivity contribution in [2.75, 3.05) is 12.4 Å². The van der Waals surface area contributed by atoms with Gasteiger partial charge in [0.15, 0.2) is 0 Å². The molecule has 0 bridgehead atoms. The Labute approximate surface area is 117 Å². The normalized spacial score (nSPS) is 10.3. The Kier molecular flexibility index (Phi) is 5.43. The van der Waals surface area contributed by atoms with Gasteiger partial charge in [-0.05, 0) is 29.8 Å². The fourth-order valence-corrected chi connectivity index (χ4v) is 2.44. The van der Waals surface area contributed by atoms with E-state index in [9.17, 15) is 0 Å². The lowest BCUT2D eigenvalue weighted by atomic mass is 10.2. The third kappa shape index (κ3) is 4.28. The Bertz CT molecular complexity index is 456. The predicted octanol–water partition coefficient (Wildman–Crippen LogP) is 4.60. The summed E-state index contributed by atoms with van der Waals surface area (Å²) in [5, 5.41) is 0. The van der Waals surface area contributed by atoms with Crippen molar-refractivity contribution in [3.05, 3.63) is 60.2 Å². The summed E-state index contributed by atoms with van der Waals surface area (Å²) in [7, 11) is 0. The van der Waals surface area contributed by atoms with Crippen LogP contribution in [0.25, 0.3) is 0 Å². The van der Waals surface area contributed by atoms with E-state index in [1.54, 1.807) is 11.8 Å². The van der Waals surface area contributed by atoms with Crippen LogP contribution in [-0.2, 0) is 5.88 Å². The maximum absolute atomic E-state index is 5.73. The van der Waals surface area contributed by atoms with Crippen molar-refractivity contribution in [1.82, 2.24) is 0 Å². The van der Waals surface area contributed by atoms with Crippen molar-refractivity contribution in [3.63, 3.8) is 0 Å². The van der Waals surface area contributed by atoms with Gasteiger partial charge in [-0.1, -0.05) is 30.3 Å². The summed E-state index contributed by atoms with van der Waals surface area (Å²) in [4.78, 5) is 1.28. The van der Waals surface area contributed by atoms with E-state index < -0.39 is 0 Å². The molecular formula is C15H15ClOS. The molecule has 18 heavy (non-hydrogen) atoms. The highest BCUT2D eigenvalue weighted by Gasteiger charge is 1.96. The van der Waals surface area contributed by atoms with Crippen LogP contribution in [0.4, 0.5) is 0 Å². The first-order valence-electron chi connectivity index (χ1n) is 5.84. The molecule has 0 radical (unpaired) electrons. The number of hydrogen-bond acceptors (Lipinski definition) is 2. The molecule has 0 N–H and O–H groups in total. The Morgan fingerprint density at radius 2 is 1.67 bits per heavy atom. The minimum Gasteiger partial charge on any atom is -0.493 e. The summed E-state index contributed by atoms with van der Waals surface area (Å²) < 4.78 is 5.66. The lowest BCUT2D eigenvalue weighted by Crippen LogP contribution is -1.99. The largest absolute Gasteiger partial charge is 0.493 e. The molecule has 2 aromatic rings. The van der Waals surface area contributed by atoms with Gasteiger partial charge in [-0.2, -0.15) is 0 Å². The summed E-state index contributed by atoms with van der Waals surface area (Å²) in [6, 6.07) is 18.3. The smallest absolute Gasteiger partial charge is 0.119 e. The SMILES string of the molecule is ClCc1ccc(OCCSc2ccccc2)cc1. The van der Waals surface area contributed by atoms with Crippen molar-refractivity contribution in [3.8, 4) is 5.75 Å². The molecule has 2 rings (SSSR count). The van der Waals surface area contributed by atoms with Crippen molar-refractivity contribution in [2.45, 2.75) is 10.8 Å². The number of thioether (sulfide) groups is 1. The van der Waals surface area contributed by atoms with Gasteiger partial charge < -0.3 is 4.74 Å². The molecule has 2 aromatic carbocycles. The average Bonchev–Trinajstić information content (AvgIpc) is 2.45. The third-order valence-electron chi connectivity index (χ3n) is 2.44. The van der Waals surface area contributed by atoms with Gasteiger partial charge in [0, 0.05) is 16.5 Å². The molecule has 0 fully saturated rings. The number of benzene rings is 2. The van der Waals surface area contributed by atoms with Gasteiger partial charge in [-0.3, -0.25) is 0 Å². The van der Waals surface area contributed by atoms with Crippen LogP contribution < -0.4 is 4.74 Å². The molecular weight excluding hydrogens is 264 g/mol. The molecule has 0 heterocycles. The predicted molar refractivity (Wildman–Crippen MR) is 78.7 cm³/mol. The molecule has 0 atom stereocenters. The molecule has 0 saturated heterocycles. The fraction of sp³-hybridized carbons (Fsp3) is 0.200. The molecule has 0 unspecified atom stereocenters. The summed E-state index contributed by atoms with van der Waals surface area (Å²) >= 11 is 7.53. The second kappa shape index (κ2) is 7.34. The highest BCUT2D eigenvalue weighted by molar-refractivity contribution is 7.99. The van der Waals surface area contributed by atoms with E-state index in [1.165, 1.54) is 4.90 Å². The van der Waals surface area contributed by atoms with Gasteiger partial charge in [0.25, 0.3) is 0 Å². The third-order valence-corrected chi connectivity index (χ3v) is 3.73. The van der Waals surface area contributed by atoms with Crippen molar-refractivity contribution in [2.24, 2.45) is 0 Å². The van der Waals surface area contributed by atoms with Crippen LogP contribution >= 0.6 is 23.4 Å². The molecule has 1 nitrogen and oxygen atoms in total. The number of halogens is 1. The van der Waals surface area contributed by atoms with Crippen LogP contribution in [0.2, 0.25) is 0 Å². The number of ether oxygens (including phenoxy) is 1. The van der Waals surface area contributed by atoms with Gasteiger partial charge in [0.1, 0.15) is 5.75 Å². The minimum atomic E-state index is 0.546. The fourth-order valence-electron chi connectivity index (χ4n) is 1.51. The van der Waals surface area contributed by atoms with Gasteiger partial charge >= 0.3 is 0 Å².